The Balaban J connectivity index is 1.83. The number of benzene rings is 3. The van der Waals surface area contributed by atoms with E-state index in [1.54, 1.807) is 36.3 Å². The van der Waals surface area contributed by atoms with Crippen LogP contribution in [0.4, 0.5) is 11.4 Å². The Kier molecular flexibility index (Phi) is 4.99. The summed E-state index contributed by atoms with van der Waals surface area (Å²) in [5.74, 6) is 1.24. The van der Waals surface area contributed by atoms with Gasteiger partial charge in [-0.25, -0.2) is 0 Å². The Bertz CT molecular complexity index is 1030. The molecule has 29 heavy (non-hydrogen) atoms. The quantitative estimate of drug-likeness (QED) is 0.668. The first-order chi connectivity index (χ1) is 14.1. The fourth-order valence-corrected chi connectivity index (χ4v) is 3.49. The highest BCUT2D eigenvalue weighted by molar-refractivity contribution is 6.12. The third kappa shape index (κ3) is 3.45. The van der Waals surface area contributed by atoms with Gasteiger partial charge in [-0.1, -0.05) is 12.1 Å². The second-order valence-electron chi connectivity index (χ2n) is 6.62. The largest absolute Gasteiger partial charge is 0.508 e. The van der Waals surface area contributed by atoms with E-state index in [1.165, 1.54) is 0 Å². The molecule has 1 aliphatic heterocycles. The molecule has 6 heteroatoms. The lowest BCUT2D eigenvalue weighted by molar-refractivity contribution is 0.0974. The van der Waals surface area contributed by atoms with Crippen LogP contribution in [0, 0.1) is 0 Å². The number of carbonyl (C=O) groups is 1. The van der Waals surface area contributed by atoms with E-state index in [4.69, 9.17) is 9.47 Å². The summed E-state index contributed by atoms with van der Waals surface area (Å²) in [6.45, 7) is 2.49. The first kappa shape index (κ1) is 18.7. The van der Waals surface area contributed by atoms with Gasteiger partial charge in [-0.3, -0.25) is 9.69 Å². The molecule has 0 aromatic heterocycles. The number of fused-ring (bicyclic) bond motifs is 1. The van der Waals surface area contributed by atoms with E-state index in [1.807, 2.05) is 49.4 Å². The van der Waals surface area contributed by atoms with Crippen LogP contribution in [0.1, 0.15) is 29.0 Å². The van der Waals surface area contributed by atoms with E-state index in [0.29, 0.717) is 34.9 Å². The molecule has 1 amide bonds. The standard InChI is InChI=1S/C23H22N2O4/c1-3-29-16-10-8-15(9-11-16)25-22(19-14-17(28-2)12-13-21(19)26)24-20-7-5-4-6-18(20)23(25)27/h4-14,22,24,26H,3H2,1-2H3. The third-order valence-electron chi connectivity index (χ3n) is 4.88. The number of ether oxygens (including phenoxy) is 2. The lowest BCUT2D eigenvalue weighted by Crippen LogP contribution is -2.43. The molecule has 1 aliphatic rings. The summed E-state index contributed by atoms with van der Waals surface area (Å²) in [5, 5.41) is 13.9. The lowest BCUT2D eigenvalue weighted by Gasteiger charge is -2.38. The van der Waals surface area contributed by atoms with Gasteiger partial charge in [-0.05, 0) is 61.5 Å². The maximum absolute atomic E-state index is 13.4. The van der Waals surface area contributed by atoms with Crippen molar-refractivity contribution >= 4 is 17.3 Å². The number of methoxy groups -OCH3 is 1. The number of rotatable bonds is 5. The fourth-order valence-electron chi connectivity index (χ4n) is 3.49. The van der Waals surface area contributed by atoms with Gasteiger partial charge in [0, 0.05) is 16.9 Å². The number of phenols is 1. The van der Waals surface area contributed by atoms with E-state index in [2.05, 4.69) is 5.32 Å². The maximum atomic E-state index is 13.4. The predicted octanol–water partition coefficient (Wildman–Crippen LogP) is 4.57. The van der Waals surface area contributed by atoms with Gasteiger partial charge in [0.05, 0.1) is 19.3 Å². The van der Waals surface area contributed by atoms with Gasteiger partial charge in [0.25, 0.3) is 5.91 Å². The second kappa shape index (κ2) is 7.75. The van der Waals surface area contributed by atoms with E-state index in [-0.39, 0.29) is 11.7 Å². The van der Waals surface area contributed by atoms with Gasteiger partial charge in [0.1, 0.15) is 23.4 Å². The molecule has 0 aliphatic carbocycles. The summed E-state index contributed by atoms with van der Waals surface area (Å²) in [4.78, 5) is 15.1. The van der Waals surface area contributed by atoms with E-state index in [0.717, 1.165) is 5.75 Å². The first-order valence-corrected chi connectivity index (χ1v) is 9.41. The molecule has 1 unspecified atom stereocenters. The van der Waals surface area contributed by atoms with Gasteiger partial charge < -0.3 is 19.9 Å². The minimum absolute atomic E-state index is 0.0754. The van der Waals surface area contributed by atoms with Crippen molar-refractivity contribution in [2.45, 2.75) is 13.1 Å². The zero-order chi connectivity index (χ0) is 20.4. The van der Waals surface area contributed by atoms with Crippen molar-refractivity contribution in [3.05, 3.63) is 77.9 Å². The molecule has 0 fully saturated rings. The Morgan fingerprint density at radius 3 is 2.48 bits per heavy atom. The van der Waals surface area contributed by atoms with Crippen LogP contribution in [0.3, 0.4) is 0 Å². The van der Waals surface area contributed by atoms with Crippen molar-refractivity contribution in [1.29, 1.82) is 0 Å². The Hall–Kier alpha value is -3.67. The van der Waals surface area contributed by atoms with Crippen LogP contribution in [-0.4, -0.2) is 24.7 Å². The molecule has 3 aromatic rings. The van der Waals surface area contributed by atoms with Gasteiger partial charge in [-0.15, -0.1) is 0 Å². The van der Waals surface area contributed by atoms with Crippen molar-refractivity contribution in [3.63, 3.8) is 0 Å². The number of carbonyl (C=O) groups excluding carboxylic acids is 1. The summed E-state index contributed by atoms with van der Waals surface area (Å²) in [5.41, 5.74) is 2.51. The van der Waals surface area contributed by atoms with Gasteiger partial charge >= 0.3 is 0 Å². The van der Waals surface area contributed by atoms with Crippen LogP contribution < -0.4 is 19.7 Å². The topological polar surface area (TPSA) is 71.0 Å². The van der Waals surface area contributed by atoms with E-state index < -0.39 is 6.17 Å². The van der Waals surface area contributed by atoms with Crippen LogP contribution in [-0.2, 0) is 0 Å². The van der Waals surface area contributed by atoms with Crippen LogP contribution in [0.15, 0.2) is 66.7 Å². The highest BCUT2D eigenvalue weighted by atomic mass is 16.5. The number of phenolic OH excluding ortho intramolecular Hbond substituents is 1. The highest BCUT2D eigenvalue weighted by Gasteiger charge is 2.35. The Morgan fingerprint density at radius 2 is 1.76 bits per heavy atom. The Morgan fingerprint density at radius 1 is 1.03 bits per heavy atom. The number of anilines is 2. The van der Waals surface area contributed by atoms with Crippen LogP contribution in [0.2, 0.25) is 0 Å². The molecular formula is C23H22N2O4. The summed E-state index contributed by atoms with van der Waals surface area (Å²) in [7, 11) is 1.56. The van der Waals surface area contributed by atoms with E-state index >= 15 is 0 Å². The van der Waals surface area contributed by atoms with Crippen molar-refractivity contribution in [3.8, 4) is 17.2 Å². The normalized spacial score (nSPS) is 15.4. The molecule has 1 heterocycles. The molecule has 0 saturated carbocycles. The van der Waals surface area contributed by atoms with Crippen molar-refractivity contribution < 1.29 is 19.4 Å². The molecule has 0 bridgehead atoms. The van der Waals surface area contributed by atoms with Gasteiger partial charge in [0.15, 0.2) is 0 Å². The smallest absolute Gasteiger partial charge is 0.262 e. The number of amides is 1. The van der Waals surface area contributed by atoms with Crippen LogP contribution in [0.25, 0.3) is 0 Å². The van der Waals surface area contributed by atoms with Gasteiger partial charge in [-0.2, -0.15) is 0 Å². The minimum Gasteiger partial charge on any atom is -0.508 e. The highest BCUT2D eigenvalue weighted by Crippen LogP contribution is 2.40. The number of hydrogen-bond donors (Lipinski definition) is 2. The SMILES string of the molecule is CCOc1ccc(N2C(=O)c3ccccc3NC2c2cc(OC)ccc2O)cc1. The molecule has 3 aromatic carbocycles. The number of nitrogens with one attached hydrogen (secondary N) is 1. The molecule has 0 saturated heterocycles. The molecule has 4 rings (SSSR count). The monoisotopic (exact) mass is 390 g/mol. The predicted molar refractivity (Wildman–Crippen MR) is 112 cm³/mol. The number of aromatic hydroxyl groups is 1. The summed E-state index contributed by atoms with van der Waals surface area (Å²) >= 11 is 0. The number of nitrogens with zero attached hydrogens (tertiary/aromatic N) is 1. The number of hydrogen-bond acceptors (Lipinski definition) is 5. The molecule has 2 N–H and O–H groups in total. The third-order valence-corrected chi connectivity index (χ3v) is 4.88. The van der Waals surface area contributed by atoms with Crippen molar-refractivity contribution in [2.75, 3.05) is 23.9 Å². The zero-order valence-corrected chi connectivity index (χ0v) is 16.3. The second-order valence-corrected chi connectivity index (χ2v) is 6.62. The summed E-state index contributed by atoms with van der Waals surface area (Å²) in [6.07, 6.45) is -0.606. The average Bonchev–Trinajstić information content (AvgIpc) is 2.75. The number of para-hydroxylation sites is 1. The van der Waals surface area contributed by atoms with Crippen molar-refractivity contribution in [2.24, 2.45) is 0 Å². The maximum Gasteiger partial charge on any atom is 0.262 e. The van der Waals surface area contributed by atoms with Gasteiger partial charge in [0.2, 0.25) is 0 Å². The molecule has 148 valence electrons. The summed E-state index contributed by atoms with van der Waals surface area (Å²) in [6, 6.07) is 19.6. The molecular weight excluding hydrogens is 368 g/mol. The minimum atomic E-state index is -0.606. The Labute approximate surface area is 169 Å². The lowest BCUT2D eigenvalue weighted by atomic mass is 10.0. The van der Waals surface area contributed by atoms with Crippen LogP contribution >= 0.6 is 0 Å². The van der Waals surface area contributed by atoms with Crippen molar-refractivity contribution in [1.82, 2.24) is 0 Å². The molecule has 1 atom stereocenters. The molecule has 6 nitrogen and oxygen atoms in total. The average molecular weight is 390 g/mol. The summed E-state index contributed by atoms with van der Waals surface area (Å²) < 4.78 is 10.8. The fraction of sp³-hybridized carbons (Fsp3) is 0.174. The molecule has 0 radical (unpaired) electrons. The zero-order valence-electron chi connectivity index (χ0n) is 16.3. The molecule has 0 spiro atoms. The van der Waals surface area contributed by atoms with E-state index in [9.17, 15) is 9.90 Å². The van der Waals surface area contributed by atoms with Crippen LogP contribution in [0.5, 0.6) is 17.2 Å². The first-order valence-electron chi connectivity index (χ1n) is 9.41.